The molecule has 1 aliphatic rings. The minimum atomic E-state index is -4.21. The molecule has 0 spiro atoms. The zero-order chi connectivity index (χ0) is 22.6. The van der Waals surface area contributed by atoms with Gasteiger partial charge in [0.15, 0.2) is 5.60 Å². The van der Waals surface area contributed by atoms with Crippen LogP contribution in [0.5, 0.6) is 5.75 Å². The quantitative estimate of drug-likeness (QED) is 0.483. The van der Waals surface area contributed by atoms with Gasteiger partial charge in [0.2, 0.25) is 0 Å². The van der Waals surface area contributed by atoms with E-state index in [4.69, 9.17) is 19.3 Å². The fourth-order valence-electron chi connectivity index (χ4n) is 3.11. The van der Waals surface area contributed by atoms with Gasteiger partial charge in [-0.1, -0.05) is 13.3 Å². The summed E-state index contributed by atoms with van der Waals surface area (Å²) < 4.78 is 44.0. The summed E-state index contributed by atoms with van der Waals surface area (Å²) in [6.45, 7) is 5.30. The second-order valence-electron chi connectivity index (χ2n) is 7.92. The van der Waals surface area contributed by atoms with Gasteiger partial charge in [-0.25, -0.2) is 14.4 Å². The summed E-state index contributed by atoms with van der Waals surface area (Å²) in [4.78, 5) is 35.4. The van der Waals surface area contributed by atoms with Gasteiger partial charge in [0.05, 0.1) is 5.56 Å². The van der Waals surface area contributed by atoms with Crippen molar-refractivity contribution in [2.75, 3.05) is 0 Å². The van der Waals surface area contributed by atoms with E-state index in [1.54, 1.807) is 13.8 Å². The number of carbonyl (C=O) groups excluding carboxylic acids is 2. The van der Waals surface area contributed by atoms with E-state index in [2.05, 4.69) is 0 Å². The number of ether oxygens (including phenoxy) is 3. The van der Waals surface area contributed by atoms with Crippen molar-refractivity contribution in [2.24, 2.45) is 0 Å². The molecule has 0 unspecified atom stereocenters. The molecule has 0 bridgehead atoms. The maximum absolute atomic E-state index is 14.4. The third-order valence-electron chi connectivity index (χ3n) is 5.29. The van der Waals surface area contributed by atoms with Gasteiger partial charge < -0.3 is 19.3 Å². The number of aliphatic carboxylic acids is 1. The van der Waals surface area contributed by atoms with E-state index in [1.807, 2.05) is 6.92 Å². The van der Waals surface area contributed by atoms with Gasteiger partial charge >= 0.3 is 24.0 Å². The second kappa shape index (κ2) is 8.97. The fraction of sp³-hybridized carbons (Fsp3) is 0.571. The lowest BCUT2D eigenvalue weighted by molar-refractivity contribution is -0.215. The number of benzene rings is 1. The molecular weight excluding hydrogens is 402 g/mol. The van der Waals surface area contributed by atoms with Crippen LogP contribution in [0.2, 0.25) is 0 Å². The predicted octanol–water partition coefficient (Wildman–Crippen LogP) is 4.97. The summed E-state index contributed by atoms with van der Waals surface area (Å²) in [7, 11) is 0. The first-order chi connectivity index (χ1) is 13.9. The zero-order valence-electron chi connectivity index (χ0n) is 17.2. The molecule has 166 valence electrons. The van der Waals surface area contributed by atoms with Crippen LogP contribution < -0.4 is 4.74 Å². The fourth-order valence-corrected chi connectivity index (χ4v) is 3.11. The average Bonchev–Trinajstić information content (AvgIpc) is 2.68. The minimum Gasteiger partial charge on any atom is -0.477 e. The highest BCUT2D eigenvalue weighted by molar-refractivity contribution is 5.90. The number of carbonyl (C=O) groups is 3. The summed E-state index contributed by atoms with van der Waals surface area (Å²) >= 11 is 0. The first kappa shape index (κ1) is 23.6. The number of rotatable bonds is 7. The molecule has 0 aromatic heterocycles. The topological polar surface area (TPSA) is 99.1 Å². The van der Waals surface area contributed by atoms with Crippen molar-refractivity contribution in [3.63, 3.8) is 0 Å². The lowest BCUT2D eigenvalue weighted by Gasteiger charge is -2.40. The molecule has 1 aromatic carbocycles. The molecule has 0 amide bonds. The normalized spacial score (nSPS) is 16.4. The minimum absolute atomic E-state index is 0.0734. The van der Waals surface area contributed by atoms with Gasteiger partial charge in [-0.05, 0) is 70.2 Å². The maximum atomic E-state index is 14.4. The van der Waals surface area contributed by atoms with Crippen LogP contribution in [0.1, 0.15) is 69.7 Å². The highest BCUT2D eigenvalue weighted by Crippen LogP contribution is 2.44. The van der Waals surface area contributed by atoms with Gasteiger partial charge in [0, 0.05) is 0 Å². The van der Waals surface area contributed by atoms with Crippen LogP contribution in [0.3, 0.4) is 0 Å². The number of esters is 1. The molecule has 9 heteroatoms. The van der Waals surface area contributed by atoms with Crippen molar-refractivity contribution in [3.8, 4) is 5.75 Å². The molecule has 2 rings (SSSR count). The van der Waals surface area contributed by atoms with Crippen LogP contribution in [-0.2, 0) is 14.3 Å². The largest absolute Gasteiger partial charge is 0.514 e. The Kier molecular flexibility index (Phi) is 7.05. The van der Waals surface area contributed by atoms with Crippen molar-refractivity contribution < 1.29 is 42.5 Å². The van der Waals surface area contributed by atoms with E-state index in [1.165, 1.54) is 24.3 Å². The zero-order valence-corrected chi connectivity index (χ0v) is 17.2. The van der Waals surface area contributed by atoms with Gasteiger partial charge in [0.25, 0.3) is 0 Å². The summed E-state index contributed by atoms with van der Waals surface area (Å²) in [6, 6.07) is 5.07. The molecule has 30 heavy (non-hydrogen) atoms. The molecule has 1 aromatic rings. The molecule has 0 aliphatic heterocycles. The highest BCUT2D eigenvalue weighted by atomic mass is 19.3. The van der Waals surface area contributed by atoms with Crippen molar-refractivity contribution >= 4 is 18.1 Å². The van der Waals surface area contributed by atoms with Gasteiger partial charge in [0.1, 0.15) is 11.4 Å². The second-order valence-corrected chi connectivity index (χ2v) is 7.92. The molecule has 0 atom stereocenters. The standard InChI is InChI=1S/C21H26F2O7/c1-4-19(2,3)30-18(27)28-15-10-8-14(9-11-15)16(24)29-20(12-6-5-7-13-20)21(22,23)17(25)26/h8-11H,4-7,12-13H2,1-3H3,(H,25,26). The molecule has 0 heterocycles. The first-order valence-electron chi connectivity index (χ1n) is 9.78. The summed E-state index contributed by atoms with van der Waals surface area (Å²) in [6.07, 6.45) is 0.510. The van der Waals surface area contributed by atoms with Crippen LogP contribution >= 0.6 is 0 Å². The molecule has 0 saturated heterocycles. The molecule has 0 radical (unpaired) electrons. The van der Waals surface area contributed by atoms with Crippen molar-refractivity contribution in [2.45, 2.75) is 76.4 Å². The maximum Gasteiger partial charge on any atom is 0.514 e. The Morgan fingerprint density at radius 1 is 1.07 bits per heavy atom. The van der Waals surface area contributed by atoms with Gasteiger partial charge in [-0.2, -0.15) is 8.78 Å². The van der Waals surface area contributed by atoms with Crippen LogP contribution in [0.4, 0.5) is 13.6 Å². The Hall–Kier alpha value is -2.71. The van der Waals surface area contributed by atoms with E-state index in [0.717, 1.165) is 0 Å². The molecule has 1 saturated carbocycles. The van der Waals surface area contributed by atoms with Crippen molar-refractivity contribution in [1.82, 2.24) is 0 Å². The molecule has 1 aliphatic carbocycles. The highest BCUT2D eigenvalue weighted by Gasteiger charge is 2.62. The van der Waals surface area contributed by atoms with Crippen molar-refractivity contribution in [1.29, 1.82) is 0 Å². The molecule has 1 N–H and O–H groups in total. The van der Waals surface area contributed by atoms with Crippen LogP contribution in [0.25, 0.3) is 0 Å². The van der Waals surface area contributed by atoms with E-state index in [-0.39, 0.29) is 24.2 Å². The number of halogens is 2. The average molecular weight is 428 g/mol. The summed E-state index contributed by atoms with van der Waals surface area (Å²) in [5, 5.41) is 8.96. The van der Waals surface area contributed by atoms with Crippen LogP contribution in [-0.4, -0.2) is 40.3 Å². The van der Waals surface area contributed by atoms with Crippen LogP contribution in [0, 0.1) is 0 Å². The Morgan fingerprint density at radius 3 is 2.13 bits per heavy atom. The Morgan fingerprint density at radius 2 is 1.63 bits per heavy atom. The van der Waals surface area contributed by atoms with Gasteiger partial charge in [-0.15, -0.1) is 0 Å². The lowest BCUT2D eigenvalue weighted by atomic mass is 9.79. The third-order valence-corrected chi connectivity index (χ3v) is 5.29. The molecule has 1 fully saturated rings. The molecular formula is C21H26F2O7. The van der Waals surface area contributed by atoms with E-state index < -0.39 is 35.2 Å². The van der Waals surface area contributed by atoms with Crippen molar-refractivity contribution in [3.05, 3.63) is 29.8 Å². The Labute approximate surface area is 173 Å². The SMILES string of the molecule is CCC(C)(C)OC(=O)Oc1ccc(C(=O)OC2(C(F)(F)C(=O)O)CCCCC2)cc1. The van der Waals surface area contributed by atoms with E-state index in [0.29, 0.717) is 25.7 Å². The predicted molar refractivity (Wildman–Crippen MR) is 102 cm³/mol. The number of carboxylic acids is 1. The van der Waals surface area contributed by atoms with E-state index >= 15 is 0 Å². The number of alkyl halides is 2. The summed E-state index contributed by atoms with van der Waals surface area (Å²) in [5.74, 6) is -7.51. The Bertz CT molecular complexity index is 781. The number of hydrogen-bond donors (Lipinski definition) is 1. The van der Waals surface area contributed by atoms with Crippen LogP contribution in [0.15, 0.2) is 24.3 Å². The first-order valence-corrected chi connectivity index (χ1v) is 9.78. The third kappa shape index (κ3) is 5.25. The van der Waals surface area contributed by atoms with Gasteiger partial charge in [-0.3, -0.25) is 0 Å². The number of hydrogen-bond acceptors (Lipinski definition) is 6. The van der Waals surface area contributed by atoms with E-state index in [9.17, 15) is 23.2 Å². The monoisotopic (exact) mass is 428 g/mol. The molecule has 7 nitrogen and oxygen atoms in total. The smallest absolute Gasteiger partial charge is 0.477 e. The summed E-state index contributed by atoms with van der Waals surface area (Å²) in [5.41, 5.74) is -3.17. The Balaban J connectivity index is 2.11. The lowest BCUT2D eigenvalue weighted by Crippen LogP contribution is -2.56. The number of carboxylic acid groups (broad SMARTS) is 1.